The van der Waals surface area contributed by atoms with E-state index in [2.05, 4.69) is 31.2 Å². The highest BCUT2D eigenvalue weighted by molar-refractivity contribution is 5.75. The lowest BCUT2D eigenvalue weighted by Gasteiger charge is -2.33. The van der Waals surface area contributed by atoms with Crippen molar-refractivity contribution in [2.75, 3.05) is 6.61 Å². The van der Waals surface area contributed by atoms with Crippen LogP contribution in [-0.4, -0.2) is 23.7 Å². The van der Waals surface area contributed by atoms with Crippen molar-refractivity contribution in [3.63, 3.8) is 0 Å². The Hall–Kier alpha value is -2.82. The van der Waals surface area contributed by atoms with E-state index in [9.17, 15) is 14.7 Å². The number of carboxylic acids is 1. The maximum absolute atomic E-state index is 13.1. The predicted octanol–water partition coefficient (Wildman–Crippen LogP) is 7.63. The van der Waals surface area contributed by atoms with Crippen LogP contribution < -0.4 is 4.74 Å². The zero-order valence-electron chi connectivity index (χ0n) is 22.2. The van der Waals surface area contributed by atoms with Gasteiger partial charge in [0.15, 0.2) is 0 Å². The minimum Gasteiger partial charge on any atom is -0.494 e. The molecule has 0 aliphatic heterocycles. The van der Waals surface area contributed by atoms with E-state index in [1.165, 1.54) is 37.7 Å². The molecule has 2 atom stereocenters. The van der Waals surface area contributed by atoms with Gasteiger partial charge in [-0.3, -0.25) is 9.59 Å². The Labute approximate surface area is 221 Å². The van der Waals surface area contributed by atoms with Gasteiger partial charge < -0.3 is 14.6 Å². The van der Waals surface area contributed by atoms with Crippen LogP contribution in [-0.2, 0) is 20.7 Å². The van der Waals surface area contributed by atoms with E-state index >= 15 is 0 Å². The van der Waals surface area contributed by atoms with Crippen LogP contribution in [0.3, 0.4) is 0 Å². The van der Waals surface area contributed by atoms with Crippen LogP contribution in [0.4, 0.5) is 0 Å². The largest absolute Gasteiger partial charge is 0.494 e. The Morgan fingerprint density at radius 3 is 2.30 bits per heavy atom. The van der Waals surface area contributed by atoms with Gasteiger partial charge in [0, 0.05) is 0 Å². The van der Waals surface area contributed by atoms with Gasteiger partial charge in [-0.25, -0.2) is 0 Å². The molecule has 1 saturated carbocycles. The average molecular weight is 507 g/mol. The van der Waals surface area contributed by atoms with Crippen LogP contribution >= 0.6 is 0 Å². The van der Waals surface area contributed by atoms with Crippen molar-refractivity contribution in [2.24, 2.45) is 11.8 Å². The first-order valence-electron chi connectivity index (χ1n) is 14.3. The summed E-state index contributed by atoms with van der Waals surface area (Å²) in [6, 6.07) is 16.2. The van der Waals surface area contributed by atoms with E-state index in [0.29, 0.717) is 18.8 Å². The molecule has 0 bridgehead atoms. The Kier molecular flexibility index (Phi) is 10.0. The molecule has 0 amide bonds. The van der Waals surface area contributed by atoms with E-state index in [-0.39, 0.29) is 11.9 Å². The minimum atomic E-state index is -0.893. The molecular weight excluding hydrogens is 464 g/mol. The molecule has 0 radical (unpaired) electrons. The van der Waals surface area contributed by atoms with Crippen molar-refractivity contribution in [1.29, 1.82) is 0 Å². The van der Waals surface area contributed by atoms with Gasteiger partial charge in [0.1, 0.15) is 11.9 Å². The number of rotatable bonds is 12. The Morgan fingerprint density at radius 1 is 0.865 bits per heavy atom. The SMILES string of the molecule is CCCCCCCCOc1ccc(C2CCC(C(=O)OC3c4ccccc4CCC3C(=O)O)CC2)cc1. The summed E-state index contributed by atoms with van der Waals surface area (Å²) in [5.41, 5.74) is 3.23. The summed E-state index contributed by atoms with van der Waals surface area (Å²) < 4.78 is 11.8. The third-order valence-electron chi connectivity index (χ3n) is 8.19. The molecule has 4 rings (SSSR count). The second-order valence-corrected chi connectivity index (χ2v) is 10.8. The molecule has 2 aliphatic rings. The molecule has 0 spiro atoms. The molecule has 0 aromatic heterocycles. The monoisotopic (exact) mass is 506 g/mol. The zero-order valence-corrected chi connectivity index (χ0v) is 22.2. The smallest absolute Gasteiger partial charge is 0.310 e. The number of benzene rings is 2. The summed E-state index contributed by atoms with van der Waals surface area (Å²) in [5, 5.41) is 9.74. The van der Waals surface area contributed by atoms with Gasteiger partial charge in [-0.1, -0.05) is 75.4 Å². The van der Waals surface area contributed by atoms with E-state index < -0.39 is 18.0 Å². The van der Waals surface area contributed by atoms with Gasteiger partial charge in [-0.2, -0.15) is 0 Å². The first kappa shape index (κ1) is 27.2. The van der Waals surface area contributed by atoms with Crippen molar-refractivity contribution in [3.05, 3.63) is 65.2 Å². The van der Waals surface area contributed by atoms with Crippen molar-refractivity contribution >= 4 is 11.9 Å². The van der Waals surface area contributed by atoms with Gasteiger partial charge in [0.25, 0.3) is 0 Å². The van der Waals surface area contributed by atoms with Crippen LogP contribution in [0.15, 0.2) is 48.5 Å². The fourth-order valence-electron chi connectivity index (χ4n) is 5.91. The second-order valence-electron chi connectivity index (χ2n) is 10.8. The fraction of sp³-hybridized carbons (Fsp3) is 0.562. The first-order chi connectivity index (χ1) is 18.1. The lowest BCUT2D eigenvalue weighted by atomic mass is 9.78. The lowest BCUT2D eigenvalue weighted by Crippen LogP contribution is -2.33. The number of carbonyl (C=O) groups is 2. The van der Waals surface area contributed by atoms with E-state index in [0.717, 1.165) is 55.6 Å². The van der Waals surface area contributed by atoms with E-state index in [4.69, 9.17) is 9.47 Å². The van der Waals surface area contributed by atoms with Crippen molar-refractivity contribution in [2.45, 2.75) is 96.0 Å². The highest BCUT2D eigenvalue weighted by atomic mass is 16.5. The minimum absolute atomic E-state index is 0.167. The number of esters is 1. The number of hydrogen-bond acceptors (Lipinski definition) is 4. The molecule has 37 heavy (non-hydrogen) atoms. The number of hydrogen-bond donors (Lipinski definition) is 1. The first-order valence-corrected chi connectivity index (χ1v) is 14.3. The van der Waals surface area contributed by atoms with E-state index in [1.807, 2.05) is 24.3 Å². The number of aryl methyl sites for hydroxylation is 1. The van der Waals surface area contributed by atoms with Gasteiger partial charge in [0.2, 0.25) is 0 Å². The Balaban J connectivity index is 1.24. The number of ether oxygens (including phenoxy) is 2. The number of unbranched alkanes of at least 4 members (excludes halogenated alkanes) is 5. The summed E-state index contributed by atoms with van der Waals surface area (Å²) in [7, 11) is 0. The number of fused-ring (bicyclic) bond motifs is 1. The predicted molar refractivity (Wildman–Crippen MR) is 145 cm³/mol. The molecule has 1 fully saturated rings. The van der Waals surface area contributed by atoms with Gasteiger partial charge in [0.05, 0.1) is 18.4 Å². The molecule has 2 aromatic carbocycles. The quantitative estimate of drug-likeness (QED) is 0.237. The standard InChI is InChI=1S/C32H42O5/c1-2-3-4-5-6-9-22-36-27-19-16-24(17-20-27)23-12-14-26(15-13-23)32(35)37-30-28-11-8-7-10-25(28)18-21-29(30)31(33)34/h7-8,10-11,16-17,19-20,23,26,29-30H,2-6,9,12-15,18,21-22H2,1H3,(H,33,34). The topological polar surface area (TPSA) is 72.8 Å². The Bertz CT molecular complexity index is 1010. The Morgan fingerprint density at radius 2 is 1.57 bits per heavy atom. The molecule has 2 unspecified atom stereocenters. The van der Waals surface area contributed by atoms with Gasteiger partial charge in [-0.05, 0) is 79.7 Å². The van der Waals surface area contributed by atoms with Crippen molar-refractivity contribution in [3.8, 4) is 5.75 Å². The molecule has 0 saturated heterocycles. The van der Waals surface area contributed by atoms with Gasteiger partial charge in [-0.15, -0.1) is 0 Å². The van der Waals surface area contributed by atoms with Crippen molar-refractivity contribution in [1.82, 2.24) is 0 Å². The fourth-order valence-corrected chi connectivity index (χ4v) is 5.91. The zero-order chi connectivity index (χ0) is 26.0. The highest BCUT2D eigenvalue weighted by Crippen LogP contribution is 2.41. The molecule has 2 aromatic rings. The second kappa shape index (κ2) is 13.6. The third kappa shape index (κ3) is 7.37. The van der Waals surface area contributed by atoms with Crippen LogP contribution in [0, 0.1) is 11.8 Å². The normalized spacial score (nSPS) is 23.2. The summed E-state index contributed by atoms with van der Waals surface area (Å²) in [4.78, 5) is 25.0. The van der Waals surface area contributed by atoms with Gasteiger partial charge >= 0.3 is 11.9 Å². The maximum Gasteiger partial charge on any atom is 0.310 e. The van der Waals surface area contributed by atoms with Crippen LogP contribution in [0.5, 0.6) is 5.75 Å². The van der Waals surface area contributed by atoms with E-state index in [1.54, 1.807) is 0 Å². The number of aliphatic carboxylic acids is 1. The van der Waals surface area contributed by atoms with Crippen LogP contribution in [0.1, 0.15) is 106 Å². The molecule has 5 heteroatoms. The number of carboxylic acid groups (broad SMARTS) is 1. The maximum atomic E-state index is 13.1. The third-order valence-corrected chi connectivity index (χ3v) is 8.19. The lowest BCUT2D eigenvalue weighted by molar-refractivity contribution is -0.164. The molecule has 5 nitrogen and oxygen atoms in total. The molecule has 0 heterocycles. The van der Waals surface area contributed by atoms with Crippen molar-refractivity contribution < 1.29 is 24.2 Å². The van der Waals surface area contributed by atoms with Crippen LogP contribution in [0.25, 0.3) is 0 Å². The molecule has 2 aliphatic carbocycles. The number of carbonyl (C=O) groups excluding carboxylic acids is 1. The summed E-state index contributed by atoms with van der Waals surface area (Å²) >= 11 is 0. The molecule has 1 N–H and O–H groups in total. The highest BCUT2D eigenvalue weighted by Gasteiger charge is 2.39. The average Bonchev–Trinajstić information content (AvgIpc) is 2.93. The molecule has 200 valence electrons. The summed E-state index contributed by atoms with van der Waals surface area (Å²) in [6.07, 6.45) is 11.5. The summed E-state index contributed by atoms with van der Waals surface area (Å²) in [5.74, 6) is -0.633. The molecular formula is C32H42O5. The summed E-state index contributed by atoms with van der Waals surface area (Å²) in [6.45, 7) is 3.01. The van der Waals surface area contributed by atoms with Crippen LogP contribution in [0.2, 0.25) is 0 Å².